The smallest absolute Gasteiger partial charge is 0.128 e. The zero-order chi connectivity index (χ0) is 14.2. The van der Waals surface area contributed by atoms with E-state index >= 15 is 0 Å². The van der Waals surface area contributed by atoms with Crippen LogP contribution in [0.2, 0.25) is 0 Å². The predicted octanol–water partition coefficient (Wildman–Crippen LogP) is 3.34. The molecular formula is C16H15FO2S. The number of halogens is 1. The zero-order valence-electron chi connectivity index (χ0n) is 10.9. The maximum Gasteiger partial charge on any atom is 0.128 e. The quantitative estimate of drug-likeness (QED) is 0.856. The van der Waals surface area contributed by atoms with Gasteiger partial charge in [-0.15, -0.1) is 11.3 Å². The summed E-state index contributed by atoms with van der Waals surface area (Å²) < 4.78 is 18.9. The van der Waals surface area contributed by atoms with E-state index in [-0.39, 0.29) is 19.0 Å². The SMILES string of the molecule is OCCC#Cc1ccc(COCc2ccccc2F)s1. The number of aliphatic hydroxyl groups excluding tert-OH is 1. The summed E-state index contributed by atoms with van der Waals surface area (Å²) in [6.45, 7) is 0.785. The third-order valence-corrected chi connectivity index (χ3v) is 3.54. The molecule has 0 radical (unpaired) electrons. The van der Waals surface area contributed by atoms with Crippen LogP contribution in [0.5, 0.6) is 0 Å². The fourth-order valence-corrected chi connectivity index (χ4v) is 2.43. The van der Waals surface area contributed by atoms with E-state index in [9.17, 15) is 4.39 Å². The van der Waals surface area contributed by atoms with E-state index in [0.717, 1.165) is 9.75 Å². The molecule has 0 saturated heterocycles. The number of hydrogen-bond donors (Lipinski definition) is 1. The summed E-state index contributed by atoms with van der Waals surface area (Å²) >= 11 is 1.55. The van der Waals surface area contributed by atoms with Crippen molar-refractivity contribution >= 4 is 11.3 Å². The first-order valence-electron chi connectivity index (χ1n) is 6.29. The van der Waals surface area contributed by atoms with Crippen LogP contribution < -0.4 is 0 Å². The number of thiophene rings is 1. The third kappa shape index (κ3) is 4.46. The molecule has 1 heterocycles. The average Bonchev–Trinajstić information content (AvgIpc) is 2.89. The Kier molecular flexibility index (Phi) is 5.75. The van der Waals surface area contributed by atoms with Gasteiger partial charge in [-0.3, -0.25) is 0 Å². The van der Waals surface area contributed by atoms with Gasteiger partial charge in [-0.1, -0.05) is 30.0 Å². The molecule has 2 aromatic rings. The number of ether oxygens (including phenoxy) is 1. The minimum atomic E-state index is -0.241. The number of benzene rings is 1. The number of rotatable bonds is 5. The highest BCUT2D eigenvalue weighted by Gasteiger charge is 2.02. The van der Waals surface area contributed by atoms with E-state index in [2.05, 4.69) is 11.8 Å². The molecule has 0 bridgehead atoms. The lowest BCUT2D eigenvalue weighted by molar-refractivity contribution is 0.107. The van der Waals surface area contributed by atoms with Gasteiger partial charge in [-0.05, 0) is 18.2 Å². The highest BCUT2D eigenvalue weighted by atomic mass is 32.1. The Hall–Kier alpha value is -1.67. The second-order valence-corrected chi connectivity index (χ2v) is 5.29. The summed E-state index contributed by atoms with van der Waals surface area (Å²) in [5.74, 6) is 5.61. The zero-order valence-corrected chi connectivity index (χ0v) is 11.8. The Morgan fingerprint density at radius 1 is 1.15 bits per heavy atom. The van der Waals surface area contributed by atoms with Gasteiger partial charge in [0, 0.05) is 16.9 Å². The van der Waals surface area contributed by atoms with Gasteiger partial charge >= 0.3 is 0 Å². The van der Waals surface area contributed by atoms with Gasteiger partial charge < -0.3 is 9.84 Å². The molecule has 1 aromatic carbocycles. The fourth-order valence-electron chi connectivity index (χ4n) is 1.61. The van der Waals surface area contributed by atoms with Crippen LogP contribution >= 0.6 is 11.3 Å². The summed E-state index contributed by atoms with van der Waals surface area (Å²) in [4.78, 5) is 2.00. The first-order chi connectivity index (χ1) is 9.79. The van der Waals surface area contributed by atoms with E-state index in [1.54, 1.807) is 29.5 Å². The number of hydrogen-bond acceptors (Lipinski definition) is 3. The molecule has 0 atom stereocenters. The Morgan fingerprint density at radius 3 is 2.80 bits per heavy atom. The third-order valence-electron chi connectivity index (χ3n) is 2.57. The van der Waals surface area contributed by atoms with Crippen LogP contribution in [0.4, 0.5) is 4.39 Å². The van der Waals surface area contributed by atoms with Crippen molar-refractivity contribution in [1.29, 1.82) is 0 Å². The summed E-state index contributed by atoms with van der Waals surface area (Å²) in [7, 11) is 0. The molecule has 1 N–H and O–H groups in total. The fraction of sp³-hybridized carbons (Fsp3) is 0.250. The summed E-state index contributed by atoms with van der Waals surface area (Å²) in [6.07, 6.45) is 0.483. The molecule has 0 aliphatic carbocycles. The van der Waals surface area contributed by atoms with Crippen LogP contribution in [0.25, 0.3) is 0 Å². The monoisotopic (exact) mass is 290 g/mol. The van der Waals surface area contributed by atoms with Crippen molar-refractivity contribution < 1.29 is 14.2 Å². The summed E-state index contributed by atoms with van der Waals surface area (Å²) in [5.41, 5.74) is 0.562. The van der Waals surface area contributed by atoms with Gasteiger partial charge in [0.25, 0.3) is 0 Å². The molecule has 2 nitrogen and oxygen atoms in total. The summed E-state index contributed by atoms with van der Waals surface area (Å²) in [6, 6.07) is 10.5. The molecule has 1 aromatic heterocycles. The Labute approximate surface area is 121 Å². The average molecular weight is 290 g/mol. The van der Waals surface area contributed by atoms with Gasteiger partial charge in [-0.25, -0.2) is 4.39 Å². The Bertz CT molecular complexity index is 610. The van der Waals surface area contributed by atoms with Crippen LogP contribution in [-0.4, -0.2) is 11.7 Å². The molecule has 104 valence electrons. The van der Waals surface area contributed by atoms with Crippen molar-refractivity contribution in [1.82, 2.24) is 0 Å². The van der Waals surface area contributed by atoms with E-state index < -0.39 is 0 Å². The van der Waals surface area contributed by atoms with E-state index in [1.807, 2.05) is 12.1 Å². The number of aliphatic hydroxyl groups is 1. The first-order valence-corrected chi connectivity index (χ1v) is 7.11. The van der Waals surface area contributed by atoms with Crippen molar-refractivity contribution in [2.75, 3.05) is 6.61 Å². The molecule has 0 spiro atoms. The molecule has 0 unspecified atom stereocenters. The summed E-state index contributed by atoms with van der Waals surface area (Å²) in [5, 5.41) is 8.65. The maximum atomic E-state index is 13.4. The van der Waals surface area contributed by atoms with E-state index in [4.69, 9.17) is 9.84 Å². The maximum absolute atomic E-state index is 13.4. The molecule has 0 fully saturated rings. The van der Waals surface area contributed by atoms with Crippen LogP contribution in [0.15, 0.2) is 36.4 Å². The van der Waals surface area contributed by atoms with E-state index in [0.29, 0.717) is 18.6 Å². The molecule has 0 aliphatic heterocycles. The molecule has 2 rings (SSSR count). The molecule has 0 saturated carbocycles. The van der Waals surface area contributed by atoms with Gasteiger partial charge in [0.15, 0.2) is 0 Å². The van der Waals surface area contributed by atoms with Crippen molar-refractivity contribution in [3.63, 3.8) is 0 Å². The molecule has 4 heteroatoms. The van der Waals surface area contributed by atoms with Gasteiger partial charge in [0.05, 0.1) is 24.7 Å². The van der Waals surface area contributed by atoms with Gasteiger partial charge in [-0.2, -0.15) is 0 Å². The lowest BCUT2D eigenvalue weighted by atomic mass is 10.2. The van der Waals surface area contributed by atoms with Crippen LogP contribution in [0, 0.1) is 17.7 Å². The Balaban J connectivity index is 1.83. The standard InChI is InChI=1S/C16H15FO2S/c17-16-7-2-1-5-13(16)11-19-12-15-9-8-14(20-15)6-3-4-10-18/h1-2,5,7-9,18H,4,10-12H2. The molecule has 0 amide bonds. The van der Waals surface area contributed by atoms with E-state index in [1.165, 1.54) is 6.07 Å². The highest BCUT2D eigenvalue weighted by Crippen LogP contribution is 2.17. The lowest BCUT2D eigenvalue weighted by Gasteiger charge is -2.03. The van der Waals surface area contributed by atoms with Crippen molar-refractivity contribution in [2.45, 2.75) is 19.6 Å². The normalized spacial score (nSPS) is 10.1. The molecular weight excluding hydrogens is 275 g/mol. The van der Waals surface area contributed by atoms with Crippen LogP contribution in [0.1, 0.15) is 21.7 Å². The first kappa shape index (κ1) is 14.7. The molecule has 20 heavy (non-hydrogen) atoms. The van der Waals surface area contributed by atoms with Crippen molar-refractivity contribution in [2.24, 2.45) is 0 Å². The lowest BCUT2D eigenvalue weighted by Crippen LogP contribution is -1.95. The van der Waals surface area contributed by atoms with Crippen LogP contribution in [-0.2, 0) is 18.0 Å². The Morgan fingerprint density at radius 2 is 2.00 bits per heavy atom. The van der Waals surface area contributed by atoms with Crippen molar-refractivity contribution in [3.05, 3.63) is 57.5 Å². The van der Waals surface area contributed by atoms with Crippen molar-refractivity contribution in [3.8, 4) is 11.8 Å². The second kappa shape index (κ2) is 7.81. The largest absolute Gasteiger partial charge is 0.395 e. The molecule has 0 aliphatic rings. The van der Waals surface area contributed by atoms with Gasteiger partial charge in [0.1, 0.15) is 5.82 Å². The minimum absolute atomic E-state index is 0.0803. The second-order valence-electron chi connectivity index (χ2n) is 4.13. The van der Waals surface area contributed by atoms with Gasteiger partial charge in [0.2, 0.25) is 0 Å². The predicted molar refractivity (Wildman–Crippen MR) is 77.8 cm³/mol. The minimum Gasteiger partial charge on any atom is -0.395 e. The topological polar surface area (TPSA) is 29.5 Å². The van der Waals surface area contributed by atoms with Crippen LogP contribution in [0.3, 0.4) is 0 Å². The highest BCUT2D eigenvalue weighted by molar-refractivity contribution is 7.12.